The zero-order valence-electron chi connectivity index (χ0n) is 24.7. The Labute approximate surface area is 221 Å². The van der Waals surface area contributed by atoms with E-state index in [2.05, 4.69) is 49.6 Å². The Morgan fingerprint density at radius 1 is 0.543 bits per heavy atom. The molecule has 2 nitrogen and oxygen atoms in total. The summed E-state index contributed by atoms with van der Waals surface area (Å²) in [5.41, 5.74) is 0. The molecule has 0 aliphatic rings. The van der Waals surface area contributed by atoms with Crippen LogP contribution in [0.3, 0.4) is 0 Å². The number of hydrogen-bond donors (Lipinski definition) is 1. The van der Waals surface area contributed by atoms with Crippen molar-refractivity contribution in [3.05, 3.63) is 18.2 Å². The van der Waals surface area contributed by atoms with Crippen molar-refractivity contribution in [1.82, 2.24) is 4.98 Å². The van der Waals surface area contributed by atoms with Crippen molar-refractivity contribution in [3.8, 4) is 0 Å². The maximum absolute atomic E-state index is 3.69. The lowest BCUT2D eigenvalue weighted by Crippen LogP contribution is -2.41. The summed E-state index contributed by atoms with van der Waals surface area (Å²) >= 11 is 0. The Morgan fingerprint density at radius 3 is 1.37 bits per heavy atom. The van der Waals surface area contributed by atoms with Gasteiger partial charge in [-0.15, -0.1) is 0 Å². The van der Waals surface area contributed by atoms with Crippen molar-refractivity contribution in [2.45, 2.75) is 194 Å². The summed E-state index contributed by atoms with van der Waals surface area (Å²) in [6.45, 7) is 9.35. The highest BCUT2D eigenvalue weighted by Crippen LogP contribution is 2.27. The molecule has 0 fully saturated rings. The fraction of sp³-hybridized carbons (Fsp3) is 0.909. The van der Waals surface area contributed by atoms with E-state index in [9.17, 15) is 0 Å². The molecule has 206 valence electrons. The lowest BCUT2D eigenvalue weighted by atomic mass is 9.92. The number of aromatic nitrogens is 2. The van der Waals surface area contributed by atoms with Crippen LogP contribution in [0.5, 0.6) is 0 Å². The molecule has 0 bridgehead atoms. The molecular formula is C33H65N2+. The fourth-order valence-electron chi connectivity index (χ4n) is 5.71. The van der Waals surface area contributed by atoms with Crippen LogP contribution in [0.2, 0.25) is 0 Å². The van der Waals surface area contributed by atoms with Gasteiger partial charge in [0.15, 0.2) is 0 Å². The predicted molar refractivity (Wildman–Crippen MR) is 156 cm³/mol. The van der Waals surface area contributed by atoms with Gasteiger partial charge in [-0.05, 0) is 32.6 Å². The van der Waals surface area contributed by atoms with Crippen LogP contribution in [0.1, 0.15) is 200 Å². The Kier molecular flexibility index (Phi) is 21.7. The molecule has 2 unspecified atom stereocenters. The molecule has 0 aliphatic heterocycles. The summed E-state index contributed by atoms with van der Waals surface area (Å²) in [6, 6.07) is 0.620. The first kappa shape index (κ1) is 32.2. The zero-order valence-corrected chi connectivity index (χ0v) is 24.7. The topological polar surface area (TPSA) is 19.7 Å². The van der Waals surface area contributed by atoms with E-state index < -0.39 is 0 Å². The van der Waals surface area contributed by atoms with Crippen LogP contribution in [0, 0.1) is 0 Å². The monoisotopic (exact) mass is 490 g/mol. The summed E-state index contributed by atoms with van der Waals surface area (Å²) in [5.74, 6) is 2.23. The van der Waals surface area contributed by atoms with E-state index in [0.29, 0.717) is 12.0 Å². The number of rotatable bonds is 26. The van der Waals surface area contributed by atoms with Gasteiger partial charge >= 0.3 is 0 Å². The van der Waals surface area contributed by atoms with Gasteiger partial charge in [0.05, 0.1) is 12.0 Å². The molecule has 2 heteroatoms. The molecule has 1 aromatic heterocycles. The van der Waals surface area contributed by atoms with E-state index in [-0.39, 0.29) is 0 Å². The largest absolute Gasteiger partial charge is 0.257 e. The number of aromatic amines is 1. The van der Waals surface area contributed by atoms with E-state index in [1.165, 1.54) is 160 Å². The second kappa shape index (κ2) is 23.6. The summed E-state index contributed by atoms with van der Waals surface area (Å²) in [5, 5.41) is 0. The SMILES string of the molecule is CCCCCCCCCCCCC(CCCCCCCCCCC)c1[nH]cc[n+]1C(C)CCCC. The summed E-state index contributed by atoms with van der Waals surface area (Å²) in [4.78, 5) is 3.69. The third-order valence-corrected chi connectivity index (χ3v) is 8.14. The van der Waals surface area contributed by atoms with Crippen LogP contribution in [0.25, 0.3) is 0 Å². The molecule has 0 radical (unpaired) electrons. The van der Waals surface area contributed by atoms with Crippen molar-refractivity contribution in [3.63, 3.8) is 0 Å². The van der Waals surface area contributed by atoms with E-state index in [1.807, 2.05) is 0 Å². The Bertz CT molecular complexity index is 549. The number of unbranched alkanes of at least 4 members (excludes halogenated alkanes) is 18. The number of nitrogens with one attached hydrogen (secondary N) is 1. The number of nitrogens with zero attached hydrogens (tertiary/aromatic N) is 1. The quantitative estimate of drug-likeness (QED) is 0.0985. The Hall–Kier alpha value is -0.790. The van der Waals surface area contributed by atoms with Crippen LogP contribution in [0.4, 0.5) is 0 Å². The van der Waals surface area contributed by atoms with Crippen LogP contribution >= 0.6 is 0 Å². The zero-order chi connectivity index (χ0) is 25.4. The minimum Gasteiger partial charge on any atom is -0.247 e. The minimum absolute atomic E-state index is 0.620. The van der Waals surface area contributed by atoms with Crippen molar-refractivity contribution in [1.29, 1.82) is 0 Å². The highest BCUT2D eigenvalue weighted by molar-refractivity contribution is 4.90. The van der Waals surface area contributed by atoms with Gasteiger partial charge in [0.2, 0.25) is 0 Å². The van der Waals surface area contributed by atoms with Gasteiger partial charge in [-0.25, -0.2) is 9.55 Å². The standard InChI is InChI=1S/C33H64N2/c1-5-8-11-13-15-17-19-21-23-25-28-32(27-24-22-20-18-16-14-12-9-6-2)33-34-29-30-35(33)31(4)26-10-7-3/h29-32H,5-28H2,1-4H3/p+1. The van der Waals surface area contributed by atoms with Crippen LogP contribution in [-0.2, 0) is 0 Å². The van der Waals surface area contributed by atoms with Gasteiger partial charge in [-0.1, -0.05) is 149 Å². The minimum atomic E-state index is 0.620. The highest BCUT2D eigenvalue weighted by Gasteiger charge is 2.25. The van der Waals surface area contributed by atoms with E-state index >= 15 is 0 Å². The van der Waals surface area contributed by atoms with Gasteiger partial charge in [0.1, 0.15) is 12.4 Å². The van der Waals surface area contributed by atoms with Crippen molar-refractivity contribution < 1.29 is 4.57 Å². The molecule has 35 heavy (non-hydrogen) atoms. The second-order valence-corrected chi connectivity index (χ2v) is 11.5. The molecule has 0 aromatic carbocycles. The maximum Gasteiger partial charge on any atom is 0.257 e. The molecule has 0 aliphatic carbocycles. The molecule has 1 rings (SSSR count). The molecule has 0 saturated carbocycles. The number of hydrogen-bond acceptors (Lipinski definition) is 0. The van der Waals surface area contributed by atoms with Gasteiger partial charge in [0, 0.05) is 0 Å². The van der Waals surface area contributed by atoms with Crippen molar-refractivity contribution >= 4 is 0 Å². The van der Waals surface area contributed by atoms with Crippen molar-refractivity contribution in [2.75, 3.05) is 0 Å². The molecule has 0 saturated heterocycles. The summed E-state index contributed by atoms with van der Waals surface area (Å²) < 4.78 is 2.59. The third kappa shape index (κ3) is 16.6. The van der Waals surface area contributed by atoms with Gasteiger partial charge < -0.3 is 0 Å². The van der Waals surface area contributed by atoms with Crippen molar-refractivity contribution in [2.24, 2.45) is 0 Å². The molecule has 0 amide bonds. The van der Waals surface area contributed by atoms with E-state index in [4.69, 9.17) is 0 Å². The smallest absolute Gasteiger partial charge is 0.247 e. The van der Waals surface area contributed by atoms with Crippen LogP contribution < -0.4 is 4.57 Å². The first-order chi connectivity index (χ1) is 17.2. The normalized spacial score (nSPS) is 13.4. The number of imidazole rings is 1. The van der Waals surface area contributed by atoms with Crippen LogP contribution in [-0.4, -0.2) is 4.98 Å². The van der Waals surface area contributed by atoms with E-state index in [0.717, 1.165) is 0 Å². The first-order valence-corrected chi connectivity index (χ1v) is 16.3. The Morgan fingerprint density at radius 2 is 0.943 bits per heavy atom. The van der Waals surface area contributed by atoms with Gasteiger partial charge in [-0.2, -0.15) is 0 Å². The molecule has 2 atom stereocenters. The van der Waals surface area contributed by atoms with Gasteiger partial charge in [0.25, 0.3) is 5.82 Å². The average Bonchev–Trinajstić information content (AvgIpc) is 3.36. The Balaban J connectivity index is 2.41. The highest BCUT2D eigenvalue weighted by atomic mass is 15.1. The van der Waals surface area contributed by atoms with Crippen LogP contribution in [0.15, 0.2) is 12.4 Å². The molecule has 1 heterocycles. The molecule has 1 aromatic rings. The molecule has 1 N–H and O–H groups in total. The third-order valence-electron chi connectivity index (χ3n) is 8.14. The van der Waals surface area contributed by atoms with E-state index in [1.54, 1.807) is 0 Å². The second-order valence-electron chi connectivity index (χ2n) is 11.5. The molecular weight excluding hydrogens is 424 g/mol. The summed E-state index contributed by atoms with van der Waals surface area (Å²) in [7, 11) is 0. The average molecular weight is 490 g/mol. The number of H-pyrrole nitrogens is 1. The molecule has 0 spiro atoms. The first-order valence-electron chi connectivity index (χ1n) is 16.3. The lowest BCUT2D eigenvalue weighted by molar-refractivity contribution is -0.727. The fourth-order valence-corrected chi connectivity index (χ4v) is 5.71. The van der Waals surface area contributed by atoms with Gasteiger partial charge in [-0.3, -0.25) is 0 Å². The predicted octanol–water partition coefficient (Wildman–Crippen LogP) is 11.4. The summed E-state index contributed by atoms with van der Waals surface area (Å²) in [6.07, 6.45) is 38.3. The lowest BCUT2D eigenvalue weighted by Gasteiger charge is -2.17. The maximum atomic E-state index is 3.69.